The highest BCUT2D eigenvalue weighted by Crippen LogP contribution is 2.39. The molecule has 3 aromatic rings. The molecule has 2 aliphatic rings. The second-order valence-electron chi connectivity index (χ2n) is 10.3. The molecule has 9 nitrogen and oxygen atoms in total. The number of thiazole rings is 1. The lowest BCUT2D eigenvalue weighted by Crippen LogP contribution is -2.39. The number of hydrogen-bond acceptors (Lipinski definition) is 7. The molecule has 3 heterocycles. The number of carbonyl (C=O) groups is 3. The third-order valence-electron chi connectivity index (χ3n) is 6.84. The zero-order valence-corrected chi connectivity index (χ0v) is 22.4. The van der Waals surface area contributed by atoms with E-state index in [1.807, 2.05) is 43.5 Å². The predicted octanol–water partition coefficient (Wildman–Crippen LogP) is 5.03. The number of carbonyl (C=O) groups excluding carboxylic acids is 2. The van der Waals surface area contributed by atoms with E-state index in [1.165, 1.54) is 11.3 Å². The number of benzene rings is 1. The molecule has 1 aliphatic heterocycles. The highest BCUT2D eigenvalue weighted by molar-refractivity contribution is 7.14. The molecule has 1 N–H and O–H groups in total. The van der Waals surface area contributed by atoms with Gasteiger partial charge in [0, 0.05) is 41.4 Å². The molecule has 2 aromatic heterocycles. The molecule has 2 fully saturated rings. The first-order valence-corrected chi connectivity index (χ1v) is 13.9. The van der Waals surface area contributed by atoms with E-state index in [9.17, 15) is 19.5 Å². The van der Waals surface area contributed by atoms with Gasteiger partial charge in [-0.05, 0) is 31.6 Å². The Hall–Kier alpha value is -3.66. The summed E-state index contributed by atoms with van der Waals surface area (Å²) in [5, 5.41) is 11.9. The number of carboxylic acid groups (broad SMARTS) is 1. The van der Waals surface area contributed by atoms with Crippen LogP contribution in [0.4, 0.5) is 10.9 Å². The predicted molar refractivity (Wildman–Crippen MR) is 146 cm³/mol. The van der Waals surface area contributed by atoms with E-state index >= 15 is 0 Å². The number of nitrogens with zero attached hydrogens (tertiary/aromatic N) is 5. The number of amides is 2. The van der Waals surface area contributed by atoms with Gasteiger partial charge in [-0.15, -0.1) is 11.3 Å². The van der Waals surface area contributed by atoms with E-state index in [-0.39, 0.29) is 30.2 Å². The standard InChI is InChI=1S/C28H31N5O4S/c1-17(2)12-18(13-26(35)36)27(37)33(19-9-10-19)28-31-23(16-38-28)21-7-4-3-6-20(21)22-14-30-24(15-29-22)32-11-5-8-25(32)34/h3-4,6-7,14-19H,5,8-13H2,1-2H3,(H,35,36)/t18-/m1/s1. The first-order valence-electron chi connectivity index (χ1n) is 13.0. The largest absolute Gasteiger partial charge is 0.481 e. The average Bonchev–Trinajstić information content (AvgIpc) is 3.44. The molecule has 38 heavy (non-hydrogen) atoms. The lowest BCUT2D eigenvalue weighted by Gasteiger charge is -2.25. The van der Waals surface area contributed by atoms with Crippen molar-refractivity contribution in [1.82, 2.24) is 15.0 Å². The molecule has 5 rings (SSSR count). The van der Waals surface area contributed by atoms with Gasteiger partial charge in [-0.1, -0.05) is 38.1 Å². The second-order valence-corrected chi connectivity index (χ2v) is 11.2. The van der Waals surface area contributed by atoms with E-state index in [4.69, 9.17) is 4.98 Å². The van der Waals surface area contributed by atoms with Gasteiger partial charge in [0.2, 0.25) is 11.8 Å². The number of carboxylic acids is 1. The van der Waals surface area contributed by atoms with Crippen LogP contribution >= 0.6 is 11.3 Å². The van der Waals surface area contributed by atoms with Crippen LogP contribution in [0.1, 0.15) is 52.4 Å². The summed E-state index contributed by atoms with van der Waals surface area (Å²) in [7, 11) is 0. The molecule has 1 saturated heterocycles. The second kappa shape index (κ2) is 11.0. The van der Waals surface area contributed by atoms with Crippen molar-refractivity contribution >= 4 is 40.1 Å². The molecule has 0 bridgehead atoms. The van der Waals surface area contributed by atoms with Gasteiger partial charge < -0.3 is 5.11 Å². The Morgan fingerprint density at radius 1 is 1.13 bits per heavy atom. The Balaban J connectivity index is 1.42. The summed E-state index contributed by atoms with van der Waals surface area (Å²) in [5.74, 6) is -0.870. The highest BCUT2D eigenvalue weighted by Gasteiger charge is 2.39. The Bertz CT molecular complexity index is 1340. The fourth-order valence-corrected chi connectivity index (χ4v) is 5.83. The minimum atomic E-state index is -0.963. The van der Waals surface area contributed by atoms with Gasteiger partial charge in [0.1, 0.15) is 0 Å². The smallest absolute Gasteiger partial charge is 0.304 e. The number of aliphatic carboxylic acids is 1. The van der Waals surface area contributed by atoms with Crippen LogP contribution in [0.25, 0.3) is 22.5 Å². The third-order valence-corrected chi connectivity index (χ3v) is 7.68. The van der Waals surface area contributed by atoms with Crippen molar-refractivity contribution in [2.45, 2.75) is 58.4 Å². The maximum Gasteiger partial charge on any atom is 0.304 e. The third kappa shape index (κ3) is 5.60. The van der Waals surface area contributed by atoms with Crippen molar-refractivity contribution in [2.24, 2.45) is 11.8 Å². The van der Waals surface area contributed by atoms with Crippen LogP contribution < -0.4 is 9.80 Å². The Morgan fingerprint density at radius 2 is 1.87 bits per heavy atom. The van der Waals surface area contributed by atoms with Gasteiger partial charge in [0.15, 0.2) is 10.9 Å². The first-order chi connectivity index (χ1) is 18.3. The Morgan fingerprint density at radius 3 is 2.45 bits per heavy atom. The van der Waals surface area contributed by atoms with Crippen molar-refractivity contribution < 1.29 is 19.5 Å². The molecule has 198 valence electrons. The van der Waals surface area contributed by atoms with Crippen molar-refractivity contribution in [3.63, 3.8) is 0 Å². The lowest BCUT2D eigenvalue weighted by molar-refractivity contribution is -0.140. The topological polar surface area (TPSA) is 117 Å². The summed E-state index contributed by atoms with van der Waals surface area (Å²) >= 11 is 1.39. The average molecular weight is 534 g/mol. The number of rotatable bonds is 10. The maximum absolute atomic E-state index is 13.6. The fourth-order valence-electron chi connectivity index (χ4n) is 4.93. The minimum absolute atomic E-state index is 0.0620. The van der Waals surface area contributed by atoms with Gasteiger partial charge in [0.25, 0.3) is 0 Å². The zero-order valence-electron chi connectivity index (χ0n) is 21.5. The van der Waals surface area contributed by atoms with Gasteiger partial charge >= 0.3 is 5.97 Å². The zero-order chi connectivity index (χ0) is 26.8. The van der Waals surface area contributed by atoms with E-state index in [2.05, 4.69) is 9.97 Å². The van der Waals surface area contributed by atoms with E-state index in [1.54, 1.807) is 22.2 Å². The van der Waals surface area contributed by atoms with Crippen molar-refractivity contribution in [2.75, 3.05) is 16.3 Å². The van der Waals surface area contributed by atoms with Crippen LogP contribution in [0.3, 0.4) is 0 Å². The molecule has 1 aliphatic carbocycles. The van der Waals surface area contributed by atoms with Crippen LogP contribution in [-0.2, 0) is 14.4 Å². The van der Waals surface area contributed by atoms with Crippen LogP contribution in [0, 0.1) is 11.8 Å². The first kappa shape index (κ1) is 26.0. The number of aromatic nitrogens is 3. The summed E-state index contributed by atoms with van der Waals surface area (Å²) in [6.07, 6.45) is 6.79. The molecule has 2 amide bonds. The van der Waals surface area contributed by atoms with Crippen LogP contribution in [0.2, 0.25) is 0 Å². The summed E-state index contributed by atoms with van der Waals surface area (Å²) in [5.41, 5.74) is 3.10. The highest BCUT2D eigenvalue weighted by atomic mass is 32.1. The lowest BCUT2D eigenvalue weighted by atomic mass is 9.93. The van der Waals surface area contributed by atoms with Gasteiger partial charge in [0.05, 0.1) is 30.2 Å². The van der Waals surface area contributed by atoms with E-state index in [0.29, 0.717) is 36.0 Å². The molecule has 0 radical (unpaired) electrons. The molecular weight excluding hydrogens is 502 g/mol. The van der Waals surface area contributed by atoms with E-state index < -0.39 is 11.9 Å². The molecule has 1 aromatic carbocycles. The van der Waals surface area contributed by atoms with Crippen LogP contribution in [0.15, 0.2) is 42.0 Å². The summed E-state index contributed by atoms with van der Waals surface area (Å²) in [4.78, 5) is 54.5. The van der Waals surface area contributed by atoms with E-state index in [0.717, 1.165) is 36.1 Å². The molecule has 0 spiro atoms. The van der Waals surface area contributed by atoms with Crippen molar-refractivity contribution in [3.8, 4) is 22.5 Å². The van der Waals surface area contributed by atoms with Gasteiger partial charge in [-0.3, -0.25) is 29.2 Å². The van der Waals surface area contributed by atoms with Crippen molar-refractivity contribution in [3.05, 3.63) is 42.0 Å². The monoisotopic (exact) mass is 533 g/mol. The fraction of sp³-hybridized carbons (Fsp3) is 0.429. The SMILES string of the molecule is CC(C)C[C@H](CC(=O)O)C(=O)N(c1nc(-c2ccccc2-c2cnc(N3CCCC3=O)cn2)cs1)C1CC1. The maximum atomic E-state index is 13.6. The molecule has 1 saturated carbocycles. The van der Waals surface area contributed by atoms with Gasteiger partial charge in [-0.25, -0.2) is 9.97 Å². The Kier molecular flexibility index (Phi) is 7.51. The summed E-state index contributed by atoms with van der Waals surface area (Å²) < 4.78 is 0. The normalized spacial score (nSPS) is 16.2. The van der Waals surface area contributed by atoms with Gasteiger partial charge in [-0.2, -0.15) is 0 Å². The molecule has 0 unspecified atom stereocenters. The quantitative estimate of drug-likeness (QED) is 0.389. The minimum Gasteiger partial charge on any atom is -0.481 e. The summed E-state index contributed by atoms with van der Waals surface area (Å²) in [6.45, 7) is 4.66. The number of hydrogen-bond donors (Lipinski definition) is 1. The molecular formula is C28H31N5O4S. The molecule has 1 atom stereocenters. The van der Waals surface area contributed by atoms with Crippen LogP contribution in [0.5, 0.6) is 0 Å². The Labute approximate surface area is 225 Å². The summed E-state index contributed by atoms with van der Waals surface area (Å²) in [6, 6.07) is 7.83. The van der Waals surface area contributed by atoms with Crippen molar-refractivity contribution in [1.29, 1.82) is 0 Å². The number of anilines is 2. The van der Waals surface area contributed by atoms with Crippen LogP contribution in [-0.4, -0.2) is 50.4 Å². The molecule has 10 heteroatoms.